The molecule has 108 valence electrons. The third-order valence-corrected chi connectivity index (χ3v) is 2.68. The predicted octanol–water partition coefficient (Wildman–Crippen LogP) is 2.83. The number of halogens is 1. The van der Waals surface area contributed by atoms with Crippen molar-refractivity contribution in [1.29, 1.82) is 0 Å². The highest BCUT2D eigenvalue weighted by atomic mass is 19.1. The molecule has 0 N–H and O–H groups in total. The average molecular weight is 290 g/mol. The minimum absolute atomic E-state index is 0.107. The molecule has 0 bridgehead atoms. The van der Waals surface area contributed by atoms with E-state index in [1.165, 1.54) is 6.07 Å². The number of benzene rings is 1. The molecule has 7 heteroatoms. The number of nitrogens with zero attached hydrogens (tertiary/aromatic N) is 2. The van der Waals surface area contributed by atoms with Crippen molar-refractivity contribution in [2.24, 2.45) is 0 Å². The quantitative estimate of drug-likeness (QED) is 0.480. The molecular formula is C14H11FN2O4. The Hall–Kier alpha value is -2.83. The van der Waals surface area contributed by atoms with Gasteiger partial charge >= 0.3 is 0 Å². The molecule has 0 spiro atoms. The van der Waals surface area contributed by atoms with Crippen LogP contribution in [0.1, 0.15) is 21.7 Å². The molecule has 21 heavy (non-hydrogen) atoms. The average Bonchev–Trinajstić information content (AvgIpc) is 2.45. The van der Waals surface area contributed by atoms with Gasteiger partial charge in [0.15, 0.2) is 6.29 Å². The van der Waals surface area contributed by atoms with Crippen molar-refractivity contribution in [2.75, 3.05) is 0 Å². The molecule has 2 aromatic rings. The molecule has 0 amide bonds. The van der Waals surface area contributed by atoms with Crippen molar-refractivity contribution in [3.05, 3.63) is 63.2 Å². The lowest BCUT2D eigenvalue weighted by molar-refractivity contribution is -0.385. The molecule has 0 aliphatic rings. The van der Waals surface area contributed by atoms with Gasteiger partial charge in [0.05, 0.1) is 11.0 Å². The molecule has 0 fully saturated rings. The molecular weight excluding hydrogens is 279 g/mol. The zero-order chi connectivity index (χ0) is 15.4. The zero-order valence-electron chi connectivity index (χ0n) is 11.1. The van der Waals surface area contributed by atoms with Crippen molar-refractivity contribution in [2.45, 2.75) is 13.5 Å². The Labute approximate surface area is 119 Å². The first-order chi connectivity index (χ1) is 9.99. The maximum absolute atomic E-state index is 13.3. The van der Waals surface area contributed by atoms with E-state index in [2.05, 4.69) is 4.98 Å². The number of nitro groups is 1. The van der Waals surface area contributed by atoms with Gasteiger partial charge in [-0.1, -0.05) is 0 Å². The summed E-state index contributed by atoms with van der Waals surface area (Å²) in [5.41, 5.74) is 0.720. The van der Waals surface area contributed by atoms with Crippen LogP contribution >= 0.6 is 0 Å². The van der Waals surface area contributed by atoms with Crippen LogP contribution in [0.3, 0.4) is 0 Å². The Morgan fingerprint density at radius 2 is 2.14 bits per heavy atom. The highest BCUT2D eigenvalue weighted by Crippen LogP contribution is 2.20. The van der Waals surface area contributed by atoms with E-state index in [1.807, 2.05) is 0 Å². The van der Waals surface area contributed by atoms with E-state index >= 15 is 0 Å². The van der Waals surface area contributed by atoms with Crippen molar-refractivity contribution in [3.63, 3.8) is 0 Å². The van der Waals surface area contributed by atoms with E-state index in [0.29, 0.717) is 17.5 Å². The molecule has 2 rings (SSSR count). The number of aromatic nitrogens is 1. The lowest BCUT2D eigenvalue weighted by Crippen LogP contribution is -2.02. The number of ether oxygens (including phenoxy) is 1. The third-order valence-electron chi connectivity index (χ3n) is 2.68. The standard InChI is InChI=1S/C14H11FN2O4/c1-9-2-3-14(13(7-18)16-9)21-8-10-4-11(15)6-12(5-10)17(19)20/h2-7H,8H2,1H3. The largest absolute Gasteiger partial charge is 0.487 e. The summed E-state index contributed by atoms with van der Waals surface area (Å²) in [6.07, 6.45) is 0.552. The van der Waals surface area contributed by atoms with Crippen LogP contribution in [0.2, 0.25) is 0 Å². The second-order valence-electron chi connectivity index (χ2n) is 4.32. The van der Waals surface area contributed by atoms with Gasteiger partial charge in [-0.05, 0) is 30.7 Å². The van der Waals surface area contributed by atoms with Crippen LogP contribution in [0, 0.1) is 22.9 Å². The van der Waals surface area contributed by atoms with E-state index in [0.717, 1.165) is 12.1 Å². The van der Waals surface area contributed by atoms with Gasteiger partial charge in [-0.2, -0.15) is 0 Å². The SMILES string of the molecule is Cc1ccc(OCc2cc(F)cc([N+](=O)[O-])c2)c(C=O)n1. The van der Waals surface area contributed by atoms with Crippen molar-refractivity contribution < 1.29 is 18.8 Å². The van der Waals surface area contributed by atoms with Crippen LogP contribution in [0.4, 0.5) is 10.1 Å². The second kappa shape index (κ2) is 6.08. The summed E-state index contributed by atoms with van der Waals surface area (Å²) in [5, 5.41) is 10.7. The van der Waals surface area contributed by atoms with Gasteiger partial charge < -0.3 is 4.74 Å². The summed E-state index contributed by atoms with van der Waals surface area (Å²) >= 11 is 0. The van der Waals surface area contributed by atoms with Gasteiger partial charge in [0, 0.05) is 11.8 Å². The molecule has 1 heterocycles. The fourth-order valence-corrected chi connectivity index (χ4v) is 1.75. The number of nitro benzene ring substituents is 1. The van der Waals surface area contributed by atoms with Crippen LogP contribution in [0.25, 0.3) is 0 Å². The Balaban J connectivity index is 2.20. The first-order valence-corrected chi connectivity index (χ1v) is 5.99. The summed E-state index contributed by atoms with van der Waals surface area (Å²) in [6.45, 7) is 1.62. The van der Waals surface area contributed by atoms with Crippen LogP contribution in [0.15, 0.2) is 30.3 Å². The van der Waals surface area contributed by atoms with Gasteiger partial charge in [-0.3, -0.25) is 14.9 Å². The molecule has 0 atom stereocenters. The Morgan fingerprint density at radius 3 is 2.81 bits per heavy atom. The van der Waals surface area contributed by atoms with Crippen molar-refractivity contribution in [1.82, 2.24) is 4.98 Å². The lowest BCUT2D eigenvalue weighted by atomic mass is 10.2. The summed E-state index contributed by atoms with van der Waals surface area (Å²) < 4.78 is 18.7. The molecule has 0 aliphatic heterocycles. The van der Waals surface area contributed by atoms with Crippen LogP contribution < -0.4 is 4.74 Å². The summed E-state index contributed by atoms with van der Waals surface area (Å²) in [5.74, 6) is -0.483. The summed E-state index contributed by atoms with van der Waals surface area (Å²) in [6, 6.07) is 6.41. The summed E-state index contributed by atoms with van der Waals surface area (Å²) in [4.78, 5) is 24.9. The van der Waals surface area contributed by atoms with E-state index in [-0.39, 0.29) is 23.7 Å². The van der Waals surface area contributed by atoms with E-state index < -0.39 is 10.7 Å². The fourth-order valence-electron chi connectivity index (χ4n) is 1.75. The molecule has 1 aromatic heterocycles. The Morgan fingerprint density at radius 1 is 1.38 bits per heavy atom. The zero-order valence-corrected chi connectivity index (χ0v) is 11.1. The number of hydrogen-bond donors (Lipinski definition) is 0. The highest BCUT2D eigenvalue weighted by molar-refractivity contribution is 5.76. The van der Waals surface area contributed by atoms with E-state index in [4.69, 9.17) is 4.74 Å². The highest BCUT2D eigenvalue weighted by Gasteiger charge is 2.11. The number of aryl methyl sites for hydroxylation is 1. The number of hydrogen-bond acceptors (Lipinski definition) is 5. The number of rotatable bonds is 5. The van der Waals surface area contributed by atoms with Crippen molar-refractivity contribution >= 4 is 12.0 Å². The van der Waals surface area contributed by atoms with E-state index in [1.54, 1.807) is 19.1 Å². The monoisotopic (exact) mass is 290 g/mol. The normalized spacial score (nSPS) is 10.2. The molecule has 0 unspecified atom stereocenters. The second-order valence-corrected chi connectivity index (χ2v) is 4.32. The molecule has 0 aliphatic carbocycles. The molecule has 0 radical (unpaired) electrons. The van der Waals surface area contributed by atoms with Gasteiger partial charge in [-0.25, -0.2) is 9.37 Å². The fraction of sp³-hybridized carbons (Fsp3) is 0.143. The van der Waals surface area contributed by atoms with E-state index in [9.17, 15) is 19.3 Å². The Kier molecular flexibility index (Phi) is 4.22. The minimum atomic E-state index is -0.722. The third kappa shape index (κ3) is 3.59. The number of carbonyl (C=O) groups excluding carboxylic acids is 1. The minimum Gasteiger partial charge on any atom is -0.487 e. The maximum Gasteiger partial charge on any atom is 0.272 e. The molecule has 6 nitrogen and oxygen atoms in total. The van der Waals surface area contributed by atoms with Crippen LogP contribution in [-0.4, -0.2) is 16.2 Å². The predicted molar refractivity (Wildman–Crippen MR) is 71.7 cm³/mol. The first-order valence-electron chi connectivity index (χ1n) is 5.99. The number of non-ortho nitro benzene ring substituents is 1. The number of aldehydes is 1. The first kappa shape index (κ1) is 14.6. The van der Waals surface area contributed by atoms with Gasteiger partial charge in [0.1, 0.15) is 23.9 Å². The molecule has 1 aromatic carbocycles. The van der Waals surface area contributed by atoms with Crippen LogP contribution in [-0.2, 0) is 6.61 Å². The molecule has 0 saturated carbocycles. The maximum atomic E-state index is 13.3. The topological polar surface area (TPSA) is 82.3 Å². The summed E-state index contributed by atoms with van der Waals surface area (Å²) in [7, 11) is 0. The Bertz CT molecular complexity index is 703. The van der Waals surface area contributed by atoms with Gasteiger partial charge in [-0.15, -0.1) is 0 Å². The smallest absolute Gasteiger partial charge is 0.272 e. The van der Waals surface area contributed by atoms with Crippen LogP contribution in [0.5, 0.6) is 5.75 Å². The number of carbonyl (C=O) groups is 1. The van der Waals surface area contributed by atoms with Crippen molar-refractivity contribution in [3.8, 4) is 5.75 Å². The number of pyridine rings is 1. The molecule has 0 saturated heterocycles. The van der Waals surface area contributed by atoms with Gasteiger partial charge in [0.25, 0.3) is 5.69 Å². The van der Waals surface area contributed by atoms with Gasteiger partial charge in [0.2, 0.25) is 0 Å². The lowest BCUT2D eigenvalue weighted by Gasteiger charge is -2.08.